The fourth-order valence-electron chi connectivity index (χ4n) is 2.21. The predicted octanol–water partition coefficient (Wildman–Crippen LogP) is 3.41. The fraction of sp³-hybridized carbons (Fsp3) is 0.167. The molecular formula is C18H17FN4OS. The van der Waals surface area contributed by atoms with E-state index >= 15 is 0 Å². The Morgan fingerprint density at radius 3 is 2.68 bits per heavy atom. The number of carbonyl (C=O) groups is 1. The molecule has 7 heteroatoms. The third-order valence-electron chi connectivity index (χ3n) is 3.55. The third-order valence-corrected chi connectivity index (χ3v) is 4.52. The Hall–Kier alpha value is -2.67. The third kappa shape index (κ3) is 4.45. The summed E-state index contributed by atoms with van der Waals surface area (Å²) in [6.45, 7) is 2.25. The molecule has 1 aromatic heterocycles. The summed E-state index contributed by atoms with van der Waals surface area (Å²) in [5.41, 5.74) is 1.39. The Balaban J connectivity index is 1.59. The number of carbonyl (C=O) groups excluding carboxylic acids is 1. The van der Waals surface area contributed by atoms with Crippen molar-refractivity contribution in [3.8, 4) is 11.4 Å². The normalized spacial score (nSPS) is 11.9. The molecule has 0 aliphatic carbocycles. The molecule has 128 valence electrons. The lowest BCUT2D eigenvalue weighted by atomic mass is 10.2. The number of halogens is 1. The number of benzene rings is 2. The van der Waals surface area contributed by atoms with E-state index in [0.29, 0.717) is 23.1 Å². The largest absolute Gasteiger partial charge is 0.351 e. The first-order valence-corrected chi connectivity index (χ1v) is 8.67. The Bertz CT molecular complexity index is 853. The lowest BCUT2D eigenvalue weighted by Gasteiger charge is -2.10. The first-order valence-electron chi connectivity index (χ1n) is 7.79. The quantitative estimate of drug-likeness (QED) is 0.664. The van der Waals surface area contributed by atoms with Crippen LogP contribution in [0, 0.1) is 5.82 Å². The van der Waals surface area contributed by atoms with Crippen molar-refractivity contribution in [3.05, 3.63) is 66.0 Å². The molecule has 0 radical (unpaired) electrons. The van der Waals surface area contributed by atoms with Gasteiger partial charge >= 0.3 is 0 Å². The number of nitrogens with one attached hydrogen (secondary N) is 2. The van der Waals surface area contributed by atoms with Crippen molar-refractivity contribution in [3.63, 3.8) is 0 Å². The molecule has 0 bridgehead atoms. The van der Waals surface area contributed by atoms with Gasteiger partial charge in [-0.2, -0.15) is 0 Å². The van der Waals surface area contributed by atoms with Crippen LogP contribution in [-0.4, -0.2) is 26.3 Å². The minimum atomic E-state index is -0.371. The van der Waals surface area contributed by atoms with Crippen molar-refractivity contribution >= 4 is 17.7 Å². The highest BCUT2D eigenvalue weighted by Crippen LogP contribution is 2.24. The monoisotopic (exact) mass is 356 g/mol. The number of amides is 1. The second-order valence-electron chi connectivity index (χ2n) is 5.41. The Morgan fingerprint density at radius 2 is 1.92 bits per heavy atom. The summed E-state index contributed by atoms with van der Waals surface area (Å²) in [7, 11) is 0. The summed E-state index contributed by atoms with van der Waals surface area (Å²) >= 11 is 1.22. The van der Waals surface area contributed by atoms with Crippen LogP contribution in [0.2, 0.25) is 0 Å². The molecule has 3 rings (SSSR count). The fourth-order valence-corrected chi connectivity index (χ4v) is 2.96. The van der Waals surface area contributed by atoms with Crippen molar-refractivity contribution < 1.29 is 9.18 Å². The second kappa shape index (κ2) is 7.94. The minimum Gasteiger partial charge on any atom is -0.351 e. The molecule has 1 amide bonds. The van der Waals surface area contributed by atoms with E-state index < -0.39 is 0 Å². The first-order chi connectivity index (χ1) is 12.1. The van der Waals surface area contributed by atoms with Gasteiger partial charge in [-0.3, -0.25) is 9.89 Å². The van der Waals surface area contributed by atoms with Crippen molar-refractivity contribution in [1.29, 1.82) is 0 Å². The van der Waals surface area contributed by atoms with Crippen LogP contribution in [0.4, 0.5) is 4.39 Å². The lowest BCUT2D eigenvalue weighted by molar-refractivity contribution is -0.120. The Kier molecular flexibility index (Phi) is 5.45. The number of hydrogen-bond acceptors (Lipinski definition) is 4. The highest BCUT2D eigenvalue weighted by atomic mass is 32.2. The number of nitrogens with zero attached hydrogens (tertiary/aromatic N) is 2. The maximum absolute atomic E-state index is 13.8. The van der Waals surface area contributed by atoms with Gasteiger partial charge in [0.2, 0.25) is 11.1 Å². The van der Waals surface area contributed by atoms with Crippen LogP contribution in [0.1, 0.15) is 12.5 Å². The molecule has 0 saturated heterocycles. The zero-order valence-electron chi connectivity index (χ0n) is 13.6. The van der Waals surface area contributed by atoms with E-state index in [4.69, 9.17) is 0 Å². The summed E-state index contributed by atoms with van der Waals surface area (Å²) in [6.07, 6.45) is 0. The van der Waals surface area contributed by atoms with Gasteiger partial charge in [-0.05, 0) is 24.6 Å². The van der Waals surface area contributed by atoms with Crippen LogP contribution < -0.4 is 5.32 Å². The SMILES string of the molecule is C[C@@H](Sc1n[nH]c(-c2ccccc2F)n1)C(=O)NCc1ccccc1. The number of thioether (sulfide) groups is 1. The molecular weight excluding hydrogens is 339 g/mol. The second-order valence-corrected chi connectivity index (χ2v) is 6.72. The number of aromatic nitrogens is 3. The van der Waals surface area contributed by atoms with Gasteiger partial charge in [-0.15, -0.1) is 5.10 Å². The highest BCUT2D eigenvalue weighted by molar-refractivity contribution is 8.00. The highest BCUT2D eigenvalue weighted by Gasteiger charge is 2.18. The molecule has 1 heterocycles. The maximum atomic E-state index is 13.8. The van der Waals surface area contributed by atoms with E-state index in [0.717, 1.165) is 5.56 Å². The molecule has 25 heavy (non-hydrogen) atoms. The van der Waals surface area contributed by atoms with Gasteiger partial charge in [-0.25, -0.2) is 9.37 Å². The van der Waals surface area contributed by atoms with Crippen molar-refractivity contribution in [1.82, 2.24) is 20.5 Å². The lowest BCUT2D eigenvalue weighted by Crippen LogP contribution is -2.30. The zero-order chi connectivity index (χ0) is 17.6. The van der Waals surface area contributed by atoms with Crippen LogP contribution in [0.25, 0.3) is 11.4 Å². The van der Waals surface area contributed by atoms with E-state index in [2.05, 4.69) is 20.5 Å². The standard InChI is InChI=1S/C18H17FN4OS/c1-12(17(24)20-11-13-7-3-2-4-8-13)25-18-21-16(22-23-18)14-9-5-6-10-15(14)19/h2-10,12H,11H2,1H3,(H,20,24)(H,21,22,23)/t12-/m1/s1. The number of hydrogen-bond donors (Lipinski definition) is 2. The molecule has 0 unspecified atom stereocenters. The van der Waals surface area contributed by atoms with Gasteiger partial charge < -0.3 is 5.32 Å². The maximum Gasteiger partial charge on any atom is 0.233 e. The molecule has 2 N–H and O–H groups in total. The van der Waals surface area contributed by atoms with Crippen molar-refractivity contribution in [2.45, 2.75) is 23.9 Å². The van der Waals surface area contributed by atoms with Gasteiger partial charge in [-0.1, -0.05) is 54.2 Å². The molecule has 0 aliphatic rings. The number of rotatable bonds is 6. The number of H-pyrrole nitrogens is 1. The summed E-state index contributed by atoms with van der Waals surface area (Å²) in [4.78, 5) is 16.5. The van der Waals surface area contributed by atoms with E-state index in [1.165, 1.54) is 17.8 Å². The van der Waals surface area contributed by atoms with Gasteiger partial charge in [0.25, 0.3) is 0 Å². The van der Waals surface area contributed by atoms with Gasteiger partial charge in [0.1, 0.15) is 5.82 Å². The molecule has 0 aliphatic heterocycles. The molecule has 1 atom stereocenters. The summed E-state index contributed by atoms with van der Waals surface area (Å²) < 4.78 is 13.8. The smallest absolute Gasteiger partial charge is 0.233 e. The van der Waals surface area contributed by atoms with Gasteiger partial charge in [0.15, 0.2) is 5.82 Å². The van der Waals surface area contributed by atoms with Crippen LogP contribution in [-0.2, 0) is 11.3 Å². The van der Waals surface area contributed by atoms with Crippen LogP contribution >= 0.6 is 11.8 Å². The van der Waals surface area contributed by atoms with E-state index in [1.54, 1.807) is 25.1 Å². The van der Waals surface area contributed by atoms with Crippen LogP contribution in [0.5, 0.6) is 0 Å². The summed E-state index contributed by atoms with van der Waals surface area (Å²) in [5.74, 6) is -0.132. The van der Waals surface area contributed by atoms with Crippen molar-refractivity contribution in [2.24, 2.45) is 0 Å². The van der Waals surface area contributed by atoms with E-state index in [1.807, 2.05) is 30.3 Å². The average Bonchev–Trinajstić information content (AvgIpc) is 3.09. The number of aromatic amines is 1. The van der Waals surface area contributed by atoms with Crippen molar-refractivity contribution in [2.75, 3.05) is 0 Å². The minimum absolute atomic E-state index is 0.105. The van der Waals surface area contributed by atoms with Gasteiger partial charge in [0.05, 0.1) is 10.8 Å². The molecule has 2 aromatic carbocycles. The Labute approximate surface area is 149 Å². The van der Waals surface area contributed by atoms with E-state index in [9.17, 15) is 9.18 Å². The Morgan fingerprint density at radius 1 is 1.20 bits per heavy atom. The first kappa shape index (κ1) is 17.2. The van der Waals surface area contributed by atoms with Crippen LogP contribution in [0.3, 0.4) is 0 Å². The van der Waals surface area contributed by atoms with E-state index in [-0.39, 0.29) is 17.0 Å². The molecule has 0 fully saturated rings. The van der Waals surface area contributed by atoms with Crippen LogP contribution in [0.15, 0.2) is 59.8 Å². The molecule has 5 nitrogen and oxygen atoms in total. The predicted molar refractivity (Wildman–Crippen MR) is 95.4 cm³/mol. The average molecular weight is 356 g/mol. The van der Waals surface area contributed by atoms with Gasteiger partial charge in [0, 0.05) is 6.54 Å². The summed E-state index contributed by atoms with van der Waals surface area (Å²) in [5, 5.41) is 9.68. The molecule has 0 spiro atoms. The molecule has 3 aromatic rings. The zero-order valence-corrected chi connectivity index (χ0v) is 14.4. The summed E-state index contributed by atoms with van der Waals surface area (Å²) in [6, 6.07) is 16.0. The molecule has 0 saturated carbocycles. The topological polar surface area (TPSA) is 70.7 Å².